The van der Waals surface area contributed by atoms with Gasteiger partial charge in [-0.15, -0.1) is 16.9 Å². The molecule has 31 heavy (non-hydrogen) atoms. The van der Waals surface area contributed by atoms with Crippen LogP contribution in [0.25, 0.3) is 0 Å². The van der Waals surface area contributed by atoms with Gasteiger partial charge in [-0.25, -0.2) is 9.97 Å². The smallest absolute Gasteiger partial charge is 0.317 e. The van der Waals surface area contributed by atoms with E-state index in [0.717, 1.165) is 42.2 Å². The van der Waals surface area contributed by atoms with Crippen LogP contribution in [0.2, 0.25) is 0 Å². The summed E-state index contributed by atoms with van der Waals surface area (Å²) in [4.78, 5) is 10.4. The highest BCUT2D eigenvalue weighted by molar-refractivity contribution is 8.00. The number of nitrogens with one attached hydrogen (secondary N) is 1. The fourth-order valence-electron chi connectivity index (χ4n) is 3.92. The molecular weight excluding hydrogens is 408 g/mol. The number of hydrogen-bond acceptors (Lipinski definition) is 7. The monoisotopic (exact) mass is 434 g/mol. The fourth-order valence-corrected chi connectivity index (χ4v) is 4.97. The maximum atomic E-state index is 6.11. The van der Waals surface area contributed by atoms with Gasteiger partial charge in [0.25, 0.3) is 0 Å². The van der Waals surface area contributed by atoms with Gasteiger partial charge in [-0.1, -0.05) is 5.10 Å². The van der Waals surface area contributed by atoms with Crippen molar-refractivity contribution in [2.75, 3.05) is 5.32 Å². The molecule has 160 valence electrons. The van der Waals surface area contributed by atoms with Crippen molar-refractivity contribution in [1.29, 1.82) is 0 Å². The Morgan fingerprint density at radius 2 is 1.84 bits per heavy atom. The molecular formula is C23H26N6OS. The highest BCUT2D eigenvalue weighted by Gasteiger charge is 2.42. The molecule has 3 aliphatic carbocycles. The van der Waals surface area contributed by atoms with E-state index in [1.54, 1.807) is 6.33 Å². The number of hydrogen-bond donors (Lipinski definition) is 1. The third kappa shape index (κ3) is 4.13. The Morgan fingerprint density at radius 3 is 2.52 bits per heavy atom. The predicted octanol–water partition coefficient (Wildman–Crippen LogP) is 4.90. The first kappa shape index (κ1) is 19.1. The minimum absolute atomic E-state index is 0.148. The third-order valence-corrected chi connectivity index (χ3v) is 7.87. The van der Waals surface area contributed by atoms with Crippen LogP contribution >= 0.6 is 11.8 Å². The van der Waals surface area contributed by atoms with Crippen molar-refractivity contribution >= 4 is 23.4 Å². The Hall–Kier alpha value is -2.61. The van der Waals surface area contributed by atoms with Gasteiger partial charge in [0.05, 0.1) is 0 Å². The topological polar surface area (TPSA) is 77.8 Å². The summed E-state index contributed by atoms with van der Waals surface area (Å²) in [5.41, 5.74) is 2.32. The van der Waals surface area contributed by atoms with Gasteiger partial charge in [0.1, 0.15) is 12.4 Å². The summed E-state index contributed by atoms with van der Waals surface area (Å²) < 4.78 is 8.20. The van der Waals surface area contributed by atoms with Crippen LogP contribution in [0.1, 0.15) is 56.9 Å². The van der Waals surface area contributed by atoms with Gasteiger partial charge in [0.15, 0.2) is 0 Å². The van der Waals surface area contributed by atoms with E-state index in [0.29, 0.717) is 17.9 Å². The summed E-state index contributed by atoms with van der Waals surface area (Å²) >= 11 is 1.97. The Labute approximate surface area is 186 Å². The van der Waals surface area contributed by atoms with Crippen molar-refractivity contribution in [2.24, 2.45) is 0 Å². The molecule has 3 aliphatic rings. The molecule has 2 aromatic heterocycles. The van der Waals surface area contributed by atoms with Gasteiger partial charge in [-0.2, -0.15) is 0 Å². The molecule has 3 aromatic rings. The van der Waals surface area contributed by atoms with Crippen LogP contribution < -0.4 is 10.1 Å². The molecule has 1 aromatic carbocycles. The molecule has 0 spiro atoms. The SMILES string of the molecule is CC1(n2cnnc2OC2CC(c3cnc(Nc4ccc(SC5CC5)cc4)nc3)C2)CC1. The first-order valence-electron chi connectivity index (χ1n) is 11.1. The van der Waals surface area contributed by atoms with Crippen LogP contribution in [-0.4, -0.2) is 36.1 Å². The van der Waals surface area contributed by atoms with Crippen molar-refractivity contribution in [3.63, 3.8) is 0 Å². The van der Waals surface area contributed by atoms with E-state index in [1.807, 2.05) is 24.2 Å². The summed E-state index contributed by atoms with van der Waals surface area (Å²) in [6.45, 7) is 2.22. The van der Waals surface area contributed by atoms with Gasteiger partial charge in [-0.05, 0) is 81.2 Å². The Balaban J connectivity index is 1.02. The summed E-state index contributed by atoms with van der Waals surface area (Å²) in [7, 11) is 0. The van der Waals surface area contributed by atoms with Crippen molar-refractivity contribution in [2.45, 2.75) is 73.2 Å². The third-order valence-electron chi connectivity index (χ3n) is 6.52. The Kier molecular flexibility index (Phi) is 4.63. The molecule has 8 heteroatoms. The van der Waals surface area contributed by atoms with Gasteiger partial charge < -0.3 is 10.1 Å². The summed E-state index contributed by atoms with van der Waals surface area (Å²) in [5.74, 6) is 1.06. The van der Waals surface area contributed by atoms with E-state index in [2.05, 4.69) is 61.2 Å². The van der Waals surface area contributed by atoms with Crippen LogP contribution in [0.4, 0.5) is 11.6 Å². The zero-order chi connectivity index (χ0) is 20.8. The lowest BCUT2D eigenvalue weighted by molar-refractivity contribution is 0.0807. The van der Waals surface area contributed by atoms with E-state index in [1.165, 1.54) is 17.7 Å². The van der Waals surface area contributed by atoms with Crippen LogP contribution in [0, 0.1) is 0 Å². The number of aromatic nitrogens is 5. The highest BCUT2D eigenvalue weighted by Crippen LogP contribution is 2.46. The fraction of sp³-hybridized carbons (Fsp3) is 0.478. The lowest BCUT2D eigenvalue weighted by atomic mass is 9.78. The van der Waals surface area contributed by atoms with Gasteiger partial charge in [0, 0.05) is 33.8 Å². The molecule has 0 aliphatic heterocycles. The molecule has 3 fully saturated rings. The number of thioether (sulfide) groups is 1. The largest absolute Gasteiger partial charge is 0.460 e. The van der Waals surface area contributed by atoms with Gasteiger partial charge in [0.2, 0.25) is 5.95 Å². The quantitative estimate of drug-likeness (QED) is 0.540. The summed E-state index contributed by atoms with van der Waals surface area (Å²) in [6, 6.07) is 9.17. The summed E-state index contributed by atoms with van der Waals surface area (Å²) in [5, 5.41) is 12.3. The molecule has 0 atom stereocenters. The Morgan fingerprint density at radius 1 is 1.10 bits per heavy atom. The molecule has 0 bridgehead atoms. The molecule has 3 saturated carbocycles. The molecule has 1 N–H and O–H groups in total. The van der Waals surface area contributed by atoms with Crippen LogP contribution in [0.15, 0.2) is 47.9 Å². The molecule has 0 saturated heterocycles. The average molecular weight is 435 g/mol. The van der Waals surface area contributed by atoms with E-state index < -0.39 is 0 Å². The number of benzene rings is 1. The number of ether oxygens (including phenoxy) is 1. The molecule has 0 unspecified atom stereocenters. The standard InChI is InChI=1S/C23H26N6OS/c1-23(8-9-23)29-14-26-28-22(29)30-18-10-15(11-18)16-12-24-21(25-13-16)27-17-2-4-19(5-3-17)31-20-6-7-20/h2-5,12-15,18,20H,6-11H2,1H3,(H,24,25,27). The van der Waals surface area contributed by atoms with Gasteiger partial charge in [-0.3, -0.25) is 4.57 Å². The zero-order valence-corrected chi connectivity index (χ0v) is 18.4. The van der Waals surface area contributed by atoms with E-state index in [4.69, 9.17) is 4.74 Å². The lowest BCUT2D eigenvalue weighted by Crippen LogP contribution is -2.33. The first-order chi connectivity index (χ1) is 15.1. The zero-order valence-electron chi connectivity index (χ0n) is 17.6. The van der Waals surface area contributed by atoms with E-state index in [9.17, 15) is 0 Å². The minimum Gasteiger partial charge on any atom is -0.460 e. The second kappa shape index (κ2) is 7.51. The van der Waals surface area contributed by atoms with Crippen LogP contribution in [0.5, 0.6) is 6.01 Å². The van der Waals surface area contributed by atoms with E-state index in [-0.39, 0.29) is 11.6 Å². The number of nitrogens with zero attached hydrogens (tertiary/aromatic N) is 5. The molecule has 7 nitrogen and oxygen atoms in total. The number of anilines is 2. The van der Waals surface area contributed by atoms with E-state index >= 15 is 0 Å². The normalized spacial score (nSPS) is 23.8. The van der Waals surface area contributed by atoms with Gasteiger partial charge >= 0.3 is 6.01 Å². The molecule has 6 rings (SSSR count). The Bertz CT molecular complexity index is 1050. The summed E-state index contributed by atoms with van der Waals surface area (Å²) in [6.07, 6.45) is 12.8. The van der Waals surface area contributed by atoms with Crippen LogP contribution in [0.3, 0.4) is 0 Å². The predicted molar refractivity (Wildman–Crippen MR) is 120 cm³/mol. The molecule has 0 radical (unpaired) electrons. The highest BCUT2D eigenvalue weighted by atomic mass is 32.2. The lowest BCUT2D eigenvalue weighted by Gasteiger charge is -2.35. The number of rotatable bonds is 8. The second-order valence-corrected chi connectivity index (χ2v) is 10.6. The minimum atomic E-state index is 0.148. The van der Waals surface area contributed by atoms with Crippen molar-refractivity contribution in [3.05, 3.63) is 48.5 Å². The average Bonchev–Trinajstić information content (AvgIpc) is 3.67. The maximum absolute atomic E-state index is 6.11. The van der Waals surface area contributed by atoms with Crippen molar-refractivity contribution in [1.82, 2.24) is 24.7 Å². The maximum Gasteiger partial charge on any atom is 0.317 e. The first-order valence-corrected chi connectivity index (χ1v) is 12.0. The molecule has 0 amide bonds. The second-order valence-electron chi connectivity index (χ2n) is 9.20. The van der Waals surface area contributed by atoms with Crippen molar-refractivity contribution in [3.8, 4) is 6.01 Å². The molecule has 2 heterocycles. The van der Waals surface area contributed by atoms with Crippen LogP contribution in [-0.2, 0) is 5.54 Å². The van der Waals surface area contributed by atoms with Crippen molar-refractivity contribution < 1.29 is 4.74 Å².